The molecule has 0 radical (unpaired) electrons. The fraction of sp³-hybridized carbons (Fsp3) is 0.316. The fourth-order valence-electron chi connectivity index (χ4n) is 2.46. The Hall–Kier alpha value is -3.14. The van der Waals surface area contributed by atoms with E-state index in [1.165, 1.54) is 34.2 Å². The van der Waals surface area contributed by atoms with Crippen LogP contribution in [0.4, 0.5) is 15.1 Å². The minimum Gasteiger partial charge on any atom is -0.321 e. The smallest absolute Gasteiger partial charge is 0.266 e. The molecule has 2 heterocycles. The average Bonchev–Trinajstić information content (AvgIpc) is 3.21. The third-order valence-electron chi connectivity index (χ3n) is 4.10. The molecular formula is C19H21FN6O2S. The second-order valence-electron chi connectivity index (χ2n) is 7.59. The molecule has 2 N–H and O–H groups in total. The number of hydrogen-bond acceptors (Lipinski definition) is 6. The van der Waals surface area contributed by atoms with Crippen LogP contribution in [0.2, 0.25) is 0 Å². The molecule has 0 saturated heterocycles. The highest BCUT2D eigenvalue weighted by molar-refractivity contribution is 7.18. The van der Waals surface area contributed by atoms with Gasteiger partial charge in [-0.25, -0.2) is 4.39 Å². The first kappa shape index (κ1) is 20.6. The number of nitrogens with zero attached hydrogens (tertiary/aromatic N) is 4. The normalized spacial score (nSPS) is 11.4. The number of hydrogen-bond donors (Lipinski definition) is 2. The summed E-state index contributed by atoms with van der Waals surface area (Å²) in [7, 11) is 0. The number of carbonyl (C=O) groups is 2. The molecule has 0 aliphatic carbocycles. The van der Waals surface area contributed by atoms with E-state index in [1.807, 2.05) is 20.8 Å². The van der Waals surface area contributed by atoms with Crippen molar-refractivity contribution in [3.8, 4) is 5.69 Å². The number of tetrazole rings is 1. The van der Waals surface area contributed by atoms with E-state index in [9.17, 15) is 14.0 Å². The first-order chi connectivity index (χ1) is 13.6. The van der Waals surface area contributed by atoms with Crippen molar-refractivity contribution in [3.05, 3.63) is 46.3 Å². The SMILES string of the molecule is Cc1cc(NC(=O)C(C)(C)C)sc1C(=O)Nc1ccc(F)c(-n2nnnc2C)c1. The number of halogens is 1. The maximum Gasteiger partial charge on any atom is 0.266 e. The molecule has 10 heteroatoms. The predicted octanol–water partition coefficient (Wildman–Crippen LogP) is 3.72. The van der Waals surface area contributed by atoms with Gasteiger partial charge in [-0.2, -0.15) is 4.68 Å². The molecule has 0 spiro atoms. The van der Waals surface area contributed by atoms with Crippen LogP contribution in [0.15, 0.2) is 24.3 Å². The molecule has 0 unspecified atom stereocenters. The Morgan fingerprint density at radius 3 is 2.48 bits per heavy atom. The summed E-state index contributed by atoms with van der Waals surface area (Å²) in [5.41, 5.74) is 0.718. The molecular weight excluding hydrogens is 395 g/mol. The number of anilines is 2. The summed E-state index contributed by atoms with van der Waals surface area (Å²) in [5.74, 6) is -0.584. The lowest BCUT2D eigenvalue weighted by Gasteiger charge is -2.16. The van der Waals surface area contributed by atoms with E-state index in [-0.39, 0.29) is 17.5 Å². The van der Waals surface area contributed by atoms with Gasteiger partial charge in [-0.1, -0.05) is 20.8 Å². The maximum atomic E-state index is 14.2. The Morgan fingerprint density at radius 2 is 1.86 bits per heavy atom. The van der Waals surface area contributed by atoms with Gasteiger partial charge in [0.1, 0.15) is 11.5 Å². The molecule has 152 valence electrons. The lowest BCUT2D eigenvalue weighted by atomic mass is 9.96. The molecule has 0 bridgehead atoms. The van der Waals surface area contributed by atoms with Gasteiger partial charge in [0.05, 0.1) is 9.88 Å². The van der Waals surface area contributed by atoms with Crippen molar-refractivity contribution < 1.29 is 14.0 Å². The Morgan fingerprint density at radius 1 is 1.14 bits per heavy atom. The average molecular weight is 416 g/mol. The lowest BCUT2D eigenvalue weighted by molar-refractivity contribution is -0.123. The van der Waals surface area contributed by atoms with Crippen molar-refractivity contribution in [1.29, 1.82) is 0 Å². The van der Waals surface area contributed by atoms with Crippen molar-refractivity contribution in [3.63, 3.8) is 0 Å². The largest absolute Gasteiger partial charge is 0.321 e. The van der Waals surface area contributed by atoms with Crippen LogP contribution in [-0.4, -0.2) is 32.0 Å². The number of thiophene rings is 1. The molecule has 2 aromatic heterocycles. The van der Waals surface area contributed by atoms with Crippen LogP contribution < -0.4 is 10.6 Å². The highest BCUT2D eigenvalue weighted by Crippen LogP contribution is 2.29. The van der Waals surface area contributed by atoms with Crippen LogP contribution in [0.3, 0.4) is 0 Å². The summed E-state index contributed by atoms with van der Waals surface area (Å²) in [6.45, 7) is 8.88. The third kappa shape index (κ3) is 4.48. The van der Waals surface area contributed by atoms with Crippen molar-refractivity contribution in [2.75, 3.05) is 10.6 Å². The van der Waals surface area contributed by atoms with Gasteiger partial charge in [0, 0.05) is 11.1 Å². The van der Waals surface area contributed by atoms with Gasteiger partial charge in [0.25, 0.3) is 5.91 Å². The summed E-state index contributed by atoms with van der Waals surface area (Å²) in [6, 6.07) is 5.91. The summed E-state index contributed by atoms with van der Waals surface area (Å²) in [4.78, 5) is 25.3. The highest BCUT2D eigenvalue weighted by Gasteiger charge is 2.23. The molecule has 1 aromatic carbocycles. The molecule has 3 rings (SSSR count). The Balaban J connectivity index is 1.81. The first-order valence-corrected chi connectivity index (χ1v) is 9.66. The fourth-order valence-corrected chi connectivity index (χ4v) is 3.43. The van der Waals surface area contributed by atoms with E-state index in [1.54, 1.807) is 19.9 Å². The molecule has 2 amide bonds. The van der Waals surface area contributed by atoms with E-state index in [4.69, 9.17) is 0 Å². The summed E-state index contributed by atoms with van der Waals surface area (Å²) < 4.78 is 15.4. The number of rotatable bonds is 4. The van der Waals surface area contributed by atoms with Crippen molar-refractivity contribution in [1.82, 2.24) is 20.2 Å². The third-order valence-corrected chi connectivity index (χ3v) is 5.25. The van der Waals surface area contributed by atoms with Crippen LogP contribution in [-0.2, 0) is 4.79 Å². The molecule has 0 aliphatic heterocycles. The maximum absolute atomic E-state index is 14.2. The molecule has 0 saturated carbocycles. The van der Waals surface area contributed by atoms with Gasteiger partial charge >= 0.3 is 0 Å². The van der Waals surface area contributed by atoms with Crippen molar-refractivity contribution in [2.45, 2.75) is 34.6 Å². The zero-order valence-electron chi connectivity index (χ0n) is 16.7. The van der Waals surface area contributed by atoms with Crippen molar-refractivity contribution in [2.24, 2.45) is 5.41 Å². The highest BCUT2D eigenvalue weighted by atomic mass is 32.1. The number of aryl methyl sites for hydroxylation is 2. The van der Waals surface area contributed by atoms with Crippen LogP contribution in [0, 0.1) is 25.1 Å². The number of carbonyl (C=O) groups excluding carboxylic acids is 2. The zero-order valence-corrected chi connectivity index (χ0v) is 17.5. The molecule has 0 fully saturated rings. The van der Waals surface area contributed by atoms with Crippen LogP contribution in [0.5, 0.6) is 0 Å². The monoisotopic (exact) mass is 416 g/mol. The number of aromatic nitrogens is 4. The van der Waals surface area contributed by atoms with E-state index in [0.717, 1.165) is 5.56 Å². The van der Waals surface area contributed by atoms with E-state index >= 15 is 0 Å². The molecule has 29 heavy (non-hydrogen) atoms. The van der Waals surface area contributed by atoms with Gasteiger partial charge < -0.3 is 10.6 Å². The van der Waals surface area contributed by atoms with E-state index < -0.39 is 11.2 Å². The van der Waals surface area contributed by atoms with Crippen LogP contribution in [0.25, 0.3) is 5.69 Å². The van der Waals surface area contributed by atoms with Gasteiger partial charge in [0.15, 0.2) is 5.82 Å². The van der Waals surface area contributed by atoms with Gasteiger partial charge in [-0.15, -0.1) is 16.4 Å². The Bertz CT molecular complexity index is 1080. The van der Waals surface area contributed by atoms with Crippen molar-refractivity contribution >= 4 is 33.8 Å². The van der Waals surface area contributed by atoms with Gasteiger partial charge in [-0.05, 0) is 54.1 Å². The number of benzene rings is 1. The van der Waals surface area contributed by atoms with Crippen LogP contribution >= 0.6 is 11.3 Å². The Labute approximate surface area is 171 Å². The molecule has 3 aromatic rings. The molecule has 0 aliphatic rings. The van der Waals surface area contributed by atoms with E-state index in [2.05, 4.69) is 26.2 Å². The second kappa shape index (κ2) is 7.70. The minimum atomic E-state index is -0.542. The number of nitrogens with one attached hydrogen (secondary N) is 2. The molecule has 0 atom stereocenters. The number of amides is 2. The quantitative estimate of drug-likeness (QED) is 0.675. The molecule has 8 nitrogen and oxygen atoms in total. The second-order valence-corrected chi connectivity index (χ2v) is 8.64. The van der Waals surface area contributed by atoms with E-state index in [0.29, 0.717) is 21.4 Å². The minimum absolute atomic E-state index is 0.131. The topological polar surface area (TPSA) is 102 Å². The predicted molar refractivity (Wildman–Crippen MR) is 109 cm³/mol. The zero-order chi connectivity index (χ0) is 21.3. The van der Waals surface area contributed by atoms with Gasteiger partial charge in [0.2, 0.25) is 5.91 Å². The lowest BCUT2D eigenvalue weighted by Crippen LogP contribution is -2.27. The standard InChI is InChI=1S/C19H21FN6O2S/c1-10-8-15(22-18(28)19(3,4)5)29-16(10)17(27)21-12-6-7-13(20)14(9-12)26-11(2)23-24-25-26/h6-9H,1-5H3,(H,21,27)(H,22,28). The Kier molecular flexibility index (Phi) is 5.47. The first-order valence-electron chi connectivity index (χ1n) is 8.84. The summed E-state index contributed by atoms with van der Waals surface area (Å²) in [5, 5.41) is 17.2. The van der Waals surface area contributed by atoms with Gasteiger partial charge in [-0.3, -0.25) is 9.59 Å². The summed E-state index contributed by atoms with van der Waals surface area (Å²) in [6.07, 6.45) is 0. The van der Waals surface area contributed by atoms with Crippen LogP contribution in [0.1, 0.15) is 41.8 Å². The summed E-state index contributed by atoms with van der Waals surface area (Å²) >= 11 is 1.18.